The fourth-order valence-corrected chi connectivity index (χ4v) is 2.08. The summed E-state index contributed by atoms with van der Waals surface area (Å²) in [6.45, 7) is 3.67. The first-order chi connectivity index (χ1) is 11.0. The maximum Gasteiger partial charge on any atom is 0.265 e. The molecule has 0 heterocycles. The second-order valence-corrected chi connectivity index (χ2v) is 5.13. The van der Waals surface area contributed by atoms with Crippen molar-refractivity contribution in [1.82, 2.24) is 0 Å². The lowest BCUT2D eigenvalue weighted by Crippen LogP contribution is -2.30. The van der Waals surface area contributed by atoms with Gasteiger partial charge in [-0.25, -0.2) is 0 Å². The zero-order chi connectivity index (χ0) is 16.8. The fourth-order valence-electron chi connectivity index (χ4n) is 2.08. The van der Waals surface area contributed by atoms with E-state index >= 15 is 0 Å². The molecule has 0 fully saturated rings. The third kappa shape index (κ3) is 4.39. The summed E-state index contributed by atoms with van der Waals surface area (Å²) in [7, 11) is 3.11. The van der Waals surface area contributed by atoms with Crippen molar-refractivity contribution >= 4 is 11.6 Å². The third-order valence-electron chi connectivity index (χ3n) is 3.34. The van der Waals surface area contributed by atoms with Gasteiger partial charge >= 0.3 is 0 Å². The molecule has 1 amide bonds. The molecule has 0 spiro atoms. The largest absolute Gasteiger partial charge is 0.497 e. The van der Waals surface area contributed by atoms with E-state index < -0.39 is 6.10 Å². The van der Waals surface area contributed by atoms with Crippen molar-refractivity contribution in [2.45, 2.75) is 20.0 Å². The number of hydrogen-bond donors (Lipinski definition) is 1. The summed E-state index contributed by atoms with van der Waals surface area (Å²) in [6.07, 6.45) is -0.636. The van der Waals surface area contributed by atoms with E-state index in [4.69, 9.17) is 14.2 Å². The van der Waals surface area contributed by atoms with Crippen molar-refractivity contribution in [3.63, 3.8) is 0 Å². The van der Waals surface area contributed by atoms with E-state index in [2.05, 4.69) is 5.32 Å². The van der Waals surface area contributed by atoms with Crippen molar-refractivity contribution in [2.24, 2.45) is 0 Å². The van der Waals surface area contributed by atoms with Crippen molar-refractivity contribution < 1.29 is 19.0 Å². The van der Waals surface area contributed by atoms with Crippen LogP contribution in [0.1, 0.15) is 12.5 Å². The molecule has 0 aliphatic rings. The van der Waals surface area contributed by atoms with E-state index in [-0.39, 0.29) is 5.91 Å². The summed E-state index contributed by atoms with van der Waals surface area (Å²) in [5.41, 5.74) is 1.64. The van der Waals surface area contributed by atoms with Crippen LogP contribution < -0.4 is 19.5 Å². The fraction of sp³-hybridized carbons (Fsp3) is 0.278. The Labute approximate surface area is 136 Å². The number of carbonyl (C=O) groups is 1. The molecule has 2 rings (SSSR count). The van der Waals surface area contributed by atoms with Gasteiger partial charge in [0.2, 0.25) is 0 Å². The van der Waals surface area contributed by atoms with Crippen LogP contribution in [0, 0.1) is 6.92 Å². The van der Waals surface area contributed by atoms with Crippen molar-refractivity contribution in [2.75, 3.05) is 19.5 Å². The Morgan fingerprint density at radius 2 is 1.83 bits per heavy atom. The number of hydrogen-bond acceptors (Lipinski definition) is 4. The van der Waals surface area contributed by atoms with Gasteiger partial charge in [-0.1, -0.05) is 12.1 Å². The van der Waals surface area contributed by atoms with E-state index in [1.54, 1.807) is 32.2 Å². The molecule has 1 atom stereocenters. The van der Waals surface area contributed by atoms with Crippen LogP contribution in [-0.2, 0) is 4.79 Å². The number of benzene rings is 2. The maximum atomic E-state index is 12.3. The second-order valence-electron chi connectivity index (χ2n) is 5.13. The molecule has 2 aromatic rings. The average Bonchev–Trinajstić information content (AvgIpc) is 2.55. The normalized spacial score (nSPS) is 11.5. The molecule has 0 aromatic heterocycles. The van der Waals surface area contributed by atoms with Crippen LogP contribution >= 0.6 is 0 Å². The number of nitrogens with one attached hydrogen (secondary N) is 1. The van der Waals surface area contributed by atoms with Gasteiger partial charge in [0.1, 0.15) is 17.2 Å². The molecule has 2 aromatic carbocycles. The summed E-state index contributed by atoms with van der Waals surface area (Å²) in [5.74, 6) is 1.59. The summed E-state index contributed by atoms with van der Waals surface area (Å²) >= 11 is 0. The highest BCUT2D eigenvalue weighted by molar-refractivity contribution is 5.95. The molecule has 5 nitrogen and oxygen atoms in total. The van der Waals surface area contributed by atoms with Crippen LogP contribution in [-0.4, -0.2) is 26.2 Å². The molecule has 1 unspecified atom stereocenters. The van der Waals surface area contributed by atoms with Gasteiger partial charge in [-0.15, -0.1) is 0 Å². The molecule has 5 heteroatoms. The van der Waals surface area contributed by atoms with Crippen LogP contribution in [0.2, 0.25) is 0 Å². The molecule has 0 aliphatic carbocycles. The highest BCUT2D eigenvalue weighted by Crippen LogP contribution is 2.29. The molecule has 0 bridgehead atoms. The minimum Gasteiger partial charge on any atom is -0.497 e. The van der Waals surface area contributed by atoms with Gasteiger partial charge in [0.15, 0.2) is 6.10 Å². The predicted molar refractivity (Wildman–Crippen MR) is 89.4 cm³/mol. The van der Waals surface area contributed by atoms with Crippen molar-refractivity contribution in [3.8, 4) is 17.2 Å². The van der Waals surface area contributed by atoms with Gasteiger partial charge in [0, 0.05) is 6.07 Å². The molecular weight excluding hydrogens is 294 g/mol. The third-order valence-corrected chi connectivity index (χ3v) is 3.34. The number of ether oxygens (including phenoxy) is 3. The smallest absolute Gasteiger partial charge is 0.265 e. The summed E-state index contributed by atoms with van der Waals surface area (Å²) < 4.78 is 16.1. The van der Waals surface area contributed by atoms with Crippen LogP contribution in [0.4, 0.5) is 5.69 Å². The summed E-state index contributed by atoms with van der Waals surface area (Å²) in [6, 6.07) is 12.8. The zero-order valence-electron chi connectivity index (χ0n) is 13.8. The molecule has 1 N–H and O–H groups in total. The van der Waals surface area contributed by atoms with Crippen molar-refractivity contribution in [3.05, 3.63) is 48.0 Å². The van der Waals surface area contributed by atoms with Crippen LogP contribution in [0.25, 0.3) is 0 Å². The zero-order valence-corrected chi connectivity index (χ0v) is 13.8. The van der Waals surface area contributed by atoms with Crippen LogP contribution in [0.3, 0.4) is 0 Å². The maximum absolute atomic E-state index is 12.3. The number of anilines is 1. The topological polar surface area (TPSA) is 56.8 Å². The lowest BCUT2D eigenvalue weighted by molar-refractivity contribution is -0.122. The Kier molecular flexibility index (Phi) is 5.46. The minimum absolute atomic E-state index is 0.255. The first kappa shape index (κ1) is 16.7. The van der Waals surface area contributed by atoms with E-state index in [9.17, 15) is 4.79 Å². The second kappa shape index (κ2) is 7.54. The number of rotatable bonds is 6. The summed E-state index contributed by atoms with van der Waals surface area (Å²) in [5, 5.41) is 2.80. The average molecular weight is 315 g/mol. The molecular formula is C18H21NO4. The number of carbonyl (C=O) groups excluding carboxylic acids is 1. The first-order valence-corrected chi connectivity index (χ1v) is 7.29. The molecule has 122 valence electrons. The lowest BCUT2D eigenvalue weighted by atomic mass is 10.2. The Morgan fingerprint density at radius 3 is 2.48 bits per heavy atom. The molecule has 0 saturated carbocycles. The van der Waals surface area contributed by atoms with Gasteiger partial charge < -0.3 is 19.5 Å². The molecule has 0 saturated heterocycles. The van der Waals surface area contributed by atoms with E-state index in [1.807, 2.05) is 31.2 Å². The van der Waals surface area contributed by atoms with E-state index in [1.165, 1.54) is 7.11 Å². The van der Waals surface area contributed by atoms with E-state index in [0.29, 0.717) is 22.9 Å². The standard InChI is InChI=1S/C18H21NO4/c1-12-6-5-7-15(10-12)23-13(2)18(20)19-16-9-8-14(21-3)11-17(16)22-4/h5-11,13H,1-4H3,(H,19,20). The minimum atomic E-state index is -0.636. The number of aryl methyl sites for hydroxylation is 1. The van der Waals surface area contributed by atoms with Gasteiger partial charge in [-0.2, -0.15) is 0 Å². The van der Waals surface area contributed by atoms with Crippen molar-refractivity contribution in [1.29, 1.82) is 0 Å². The Morgan fingerprint density at radius 1 is 1.04 bits per heavy atom. The van der Waals surface area contributed by atoms with Gasteiger partial charge in [0.05, 0.1) is 19.9 Å². The molecule has 0 aliphatic heterocycles. The van der Waals surface area contributed by atoms with Gasteiger partial charge in [0.25, 0.3) is 5.91 Å². The SMILES string of the molecule is COc1ccc(NC(=O)C(C)Oc2cccc(C)c2)c(OC)c1. The Bertz CT molecular complexity index is 684. The van der Waals surface area contributed by atoms with Gasteiger partial charge in [-0.05, 0) is 43.7 Å². The lowest BCUT2D eigenvalue weighted by Gasteiger charge is -2.16. The highest BCUT2D eigenvalue weighted by atomic mass is 16.5. The van der Waals surface area contributed by atoms with Gasteiger partial charge in [-0.3, -0.25) is 4.79 Å². The number of methoxy groups -OCH3 is 2. The van der Waals surface area contributed by atoms with E-state index in [0.717, 1.165) is 5.56 Å². The highest BCUT2D eigenvalue weighted by Gasteiger charge is 2.17. The van der Waals surface area contributed by atoms with Crippen LogP contribution in [0.15, 0.2) is 42.5 Å². The monoisotopic (exact) mass is 315 g/mol. The summed E-state index contributed by atoms with van der Waals surface area (Å²) in [4.78, 5) is 12.3. The quantitative estimate of drug-likeness (QED) is 0.887. The molecule has 23 heavy (non-hydrogen) atoms. The Hall–Kier alpha value is -2.69. The first-order valence-electron chi connectivity index (χ1n) is 7.29. The van der Waals surface area contributed by atoms with Crippen LogP contribution in [0.5, 0.6) is 17.2 Å². The predicted octanol–water partition coefficient (Wildman–Crippen LogP) is 3.42. The molecule has 0 radical (unpaired) electrons. The number of amides is 1. The Balaban J connectivity index is 2.06.